The zero-order valence-corrected chi connectivity index (χ0v) is 22.0. The molecule has 0 atom stereocenters. The maximum atomic E-state index is 14.2. The Labute approximate surface area is 229 Å². The second-order valence-corrected chi connectivity index (χ2v) is 10.6. The molecule has 1 aliphatic carbocycles. The number of amides is 1. The van der Waals surface area contributed by atoms with E-state index in [0.29, 0.717) is 5.69 Å². The van der Waals surface area contributed by atoms with Crippen molar-refractivity contribution in [2.75, 3.05) is 5.32 Å². The van der Waals surface area contributed by atoms with Crippen LogP contribution >= 0.6 is 0 Å². The molecule has 7 nitrogen and oxygen atoms in total. The van der Waals surface area contributed by atoms with Crippen molar-refractivity contribution in [3.05, 3.63) is 84.4 Å². The predicted octanol–water partition coefficient (Wildman–Crippen LogP) is 7.41. The quantitative estimate of drug-likeness (QED) is 0.216. The largest absolute Gasteiger partial charge is 0.352 e. The lowest BCUT2D eigenvalue weighted by Gasteiger charge is -2.11. The number of aromatic nitrogens is 5. The van der Waals surface area contributed by atoms with Gasteiger partial charge in [0.1, 0.15) is 17.0 Å². The molecule has 198 valence electrons. The smallest absolute Gasteiger partial charge is 0.227 e. The topological polar surface area (TPSA) is 99.4 Å². The number of rotatable bonds is 5. The summed E-state index contributed by atoms with van der Waals surface area (Å²) in [6.07, 6.45) is 7.67. The Hall–Kier alpha value is -4.85. The second-order valence-electron chi connectivity index (χ2n) is 10.6. The van der Waals surface area contributed by atoms with Crippen LogP contribution in [0.3, 0.4) is 0 Å². The van der Waals surface area contributed by atoms with E-state index < -0.39 is 0 Å². The van der Waals surface area contributed by atoms with Gasteiger partial charge in [-0.15, -0.1) is 0 Å². The van der Waals surface area contributed by atoms with Crippen LogP contribution in [0.15, 0.2) is 73.1 Å². The number of benzene rings is 2. The van der Waals surface area contributed by atoms with Crippen molar-refractivity contribution in [2.24, 2.45) is 5.92 Å². The number of nitrogens with one attached hydrogen (secondary N) is 3. The Morgan fingerprint density at radius 3 is 2.70 bits per heavy atom. The average molecular weight is 531 g/mol. The maximum absolute atomic E-state index is 14.2. The highest BCUT2D eigenvalue weighted by Crippen LogP contribution is 2.34. The Morgan fingerprint density at radius 2 is 1.85 bits per heavy atom. The molecule has 4 heterocycles. The zero-order valence-electron chi connectivity index (χ0n) is 22.0. The molecule has 6 aromatic rings. The first kappa shape index (κ1) is 24.2. The van der Waals surface area contributed by atoms with E-state index in [2.05, 4.69) is 25.5 Å². The van der Waals surface area contributed by atoms with Crippen LogP contribution < -0.4 is 5.32 Å². The van der Waals surface area contributed by atoms with Crippen molar-refractivity contribution in [1.29, 1.82) is 0 Å². The number of carbonyl (C=O) groups excluding carboxylic acids is 1. The molecule has 3 N–H and O–H groups in total. The van der Waals surface area contributed by atoms with Crippen LogP contribution in [0.25, 0.3) is 55.7 Å². The highest BCUT2D eigenvalue weighted by molar-refractivity contribution is 6.00. The number of aromatic amines is 2. The highest BCUT2D eigenvalue weighted by Gasteiger charge is 2.23. The summed E-state index contributed by atoms with van der Waals surface area (Å²) in [7, 11) is 0. The standard InChI is InChI=1S/C32H27FN6O/c1-18-11-21(13-22(33)12-18)25-16-34-17-29-24(25)15-28(36-29)31-30-27(38-39-31)10-9-26(37-30)20-7-4-8-23(14-20)35-32(40)19-5-2-3-6-19/h4,7-17,19,36H,2-3,5-6H2,1H3,(H,35,40)(H,38,39). The third kappa shape index (κ3) is 4.41. The number of halogens is 1. The lowest BCUT2D eigenvalue weighted by Crippen LogP contribution is -2.20. The number of carbonyl (C=O) groups is 1. The summed E-state index contributed by atoms with van der Waals surface area (Å²) in [6, 6.07) is 18.7. The summed E-state index contributed by atoms with van der Waals surface area (Å²) in [5.41, 5.74) is 8.73. The fraction of sp³-hybridized carbons (Fsp3) is 0.188. The minimum absolute atomic E-state index is 0.0938. The van der Waals surface area contributed by atoms with Crippen molar-refractivity contribution in [3.8, 4) is 33.8 Å². The van der Waals surface area contributed by atoms with Gasteiger partial charge in [0.05, 0.1) is 28.6 Å². The third-order valence-corrected chi connectivity index (χ3v) is 7.71. The zero-order chi connectivity index (χ0) is 27.2. The molecule has 2 aromatic carbocycles. The fourth-order valence-electron chi connectivity index (χ4n) is 5.74. The van der Waals surface area contributed by atoms with Gasteiger partial charge < -0.3 is 10.3 Å². The average Bonchev–Trinajstić information content (AvgIpc) is 3.71. The number of nitrogens with zero attached hydrogens (tertiary/aromatic N) is 3. The maximum Gasteiger partial charge on any atom is 0.227 e. The molecular formula is C32H27FN6O. The van der Waals surface area contributed by atoms with Gasteiger partial charge in [-0.3, -0.25) is 14.9 Å². The van der Waals surface area contributed by atoms with E-state index in [1.165, 1.54) is 12.1 Å². The van der Waals surface area contributed by atoms with Crippen molar-refractivity contribution in [3.63, 3.8) is 0 Å². The summed E-state index contributed by atoms with van der Waals surface area (Å²) in [6.45, 7) is 1.88. The number of fused-ring (bicyclic) bond motifs is 2. The second kappa shape index (κ2) is 9.72. The molecule has 8 heteroatoms. The Kier molecular flexibility index (Phi) is 5.88. The van der Waals surface area contributed by atoms with Crippen molar-refractivity contribution < 1.29 is 9.18 Å². The number of aryl methyl sites for hydroxylation is 1. The highest BCUT2D eigenvalue weighted by atomic mass is 19.1. The Morgan fingerprint density at radius 1 is 0.975 bits per heavy atom. The summed E-state index contributed by atoms with van der Waals surface area (Å²) in [5, 5.41) is 11.7. The molecule has 0 aliphatic heterocycles. The summed E-state index contributed by atoms with van der Waals surface area (Å²) < 4.78 is 14.2. The van der Waals surface area contributed by atoms with Gasteiger partial charge in [0.25, 0.3) is 0 Å². The molecular weight excluding hydrogens is 503 g/mol. The van der Waals surface area contributed by atoms with E-state index in [1.54, 1.807) is 12.4 Å². The van der Waals surface area contributed by atoms with Crippen molar-refractivity contribution >= 4 is 33.5 Å². The number of anilines is 1. The minimum atomic E-state index is -0.278. The summed E-state index contributed by atoms with van der Waals surface area (Å²) in [4.78, 5) is 25.4. The van der Waals surface area contributed by atoms with Crippen LogP contribution in [-0.4, -0.2) is 31.1 Å². The molecule has 7 rings (SSSR count). The molecule has 1 aliphatic rings. The van der Waals surface area contributed by atoms with Crippen molar-refractivity contribution in [1.82, 2.24) is 25.1 Å². The first-order valence-corrected chi connectivity index (χ1v) is 13.5. The molecule has 0 saturated heterocycles. The number of pyridine rings is 2. The van der Waals surface area contributed by atoms with E-state index in [4.69, 9.17) is 4.98 Å². The lowest BCUT2D eigenvalue weighted by molar-refractivity contribution is -0.119. The summed E-state index contributed by atoms with van der Waals surface area (Å²) in [5.74, 6) is -0.0835. The molecule has 4 aromatic heterocycles. The molecule has 0 unspecified atom stereocenters. The van der Waals surface area contributed by atoms with Crippen LogP contribution in [0, 0.1) is 18.7 Å². The Bertz CT molecular complexity index is 1880. The SMILES string of the molecule is Cc1cc(F)cc(-c2cncc3[nH]c(-c4n[nH]c5ccc(-c6cccc(NC(=O)C7CCCC7)c6)nc45)cc23)c1. The molecule has 40 heavy (non-hydrogen) atoms. The molecule has 1 amide bonds. The van der Waals surface area contributed by atoms with E-state index in [0.717, 1.165) is 86.9 Å². The van der Waals surface area contributed by atoms with Gasteiger partial charge in [-0.1, -0.05) is 31.0 Å². The van der Waals surface area contributed by atoms with E-state index >= 15 is 0 Å². The van der Waals surface area contributed by atoms with Crippen LogP contribution in [-0.2, 0) is 4.79 Å². The monoisotopic (exact) mass is 530 g/mol. The first-order chi connectivity index (χ1) is 19.5. The van der Waals surface area contributed by atoms with Gasteiger partial charge in [0, 0.05) is 34.3 Å². The number of hydrogen-bond donors (Lipinski definition) is 3. The van der Waals surface area contributed by atoms with E-state index in [-0.39, 0.29) is 17.6 Å². The normalized spacial score (nSPS) is 13.8. The molecule has 0 bridgehead atoms. The molecule has 0 radical (unpaired) electrons. The summed E-state index contributed by atoms with van der Waals surface area (Å²) >= 11 is 0. The minimum Gasteiger partial charge on any atom is -0.352 e. The molecule has 1 fully saturated rings. The van der Waals surface area contributed by atoms with Crippen molar-refractivity contribution in [2.45, 2.75) is 32.6 Å². The van der Waals surface area contributed by atoms with Gasteiger partial charge in [-0.25, -0.2) is 9.37 Å². The fourth-order valence-corrected chi connectivity index (χ4v) is 5.74. The van der Waals surface area contributed by atoms with Crippen LogP contribution in [0.4, 0.5) is 10.1 Å². The van der Waals surface area contributed by atoms with E-state index in [1.807, 2.05) is 55.5 Å². The number of hydrogen-bond acceptors (Lipinski definition) is 4. The van der Waals surface area contributed by atoms with Gasteiger partial charge >= 0.3 is 0 Å². The first-order valence-electron chi connectivity index (χ1n) is 13.5. The number of H-pyrrole nitrogens is 2. The van der Waals surface area contributed by atoms with Gasteiger partial charge in [0.15, 0.2) is 0 Å². The van der Waals surface area contributed by atoms with Gasteiger partial charge in [-0.2, -0.15) is 5.10 Å². The van der Waals surface area contributed by atoms with Gasteiger partial charge in [0.2, 0.25) is 5.91 Å². The van der Waals surface area contributed by atoms with Crippen LogP contribution in [0.1, 0.15) is 31.2 Å². The van der Waals surface area contributed by atoms with Crippen LogP contribution in [0.5, 0.6) is 0 Å². The lowest BCUT2D eigenvalue weighted by atomic mass is 10.0. The van der Waals surface area contributed by atoms with Gasteiger partial charge in [-0.05, 0) is 73.4 Å². The Balaban J connectivity index is 1.25. The predicted molar refractivity (Wildman–Crippen MR) is 155 cm³/mol. The third-order valence-electron chi connectivity index (χ3n) is 7.71. The van der Waals surface area contributed by atoms with E-state index in [9.17, 15) is 9.18 Å². The van der Waals surface area contributed by atoms with Crippen LogP contribution in [0.2, 0.25) is 0 Å². The molecule has 0 spiro atoms. The molecule has 1 saturated carbocycles.